The molecule has 1 fully saturated rings. The van der Waals surface area contributed by atoms with Gasteiger partial charge in [0.2, 0.25) is 17.8 Å². The highest BCUT2D eigenvalue weighted by Crippen LogP contribution is 2.22. The molecule has 0 atom stereocenters. The molecule has 0 aliphatic carbocycles. The third-order valence-corrected chi connectivity index (χ3v) is 3.61. The molecular formula is C12H22N6O. The van der Waals surface area contributed by atoms with Crippen LogP contribution < -0.4 is 15.5 Å². The maximum Gasteiger partial charge on any atom is 0.232 e. The Morgan fingerprint density at radius 3 is 2.47 bits per heavy atom. The maximum atomic E-state index is 9.42. The zero-order valence-corrected chi connectivity index (χ0v) is 11.8. The van der Waals surface area contributed by atoms with Gasteiger partial charge in [-0.3, -0.25) is 0 Å². The van der Waals surface area contributed by atoms with Gasteiger partial charge in [0.05, 0.1) is 12.1 Å². The van der Waals surface area contributed by atoms with Crippen molar-refractivity contribution < 1.29 is 5.11 Å². The van der Waals surface area contributed by atoms with E-state index in [1.165, 1.54) is 0 Å². The normalized spacial score (nSPS) is 15.9. The predicted molar refractivity (Wildman–Crippen MR) is 75.3 cm³/mol. The summed E-state index contributed by atoms with van der Waals surface area (Å²) in [6, 6.07) is 0. The molecule has 3 N–H and O–H groups in total. The third-order valence-electron chi connectivity index (χ3n) is 3.61. The number of nitrogen functional groups attached to an aromatic ring is 1. The SMILES string of the molecule is CN(c1nc(N)nc(N2CCCC2)n1)C(C)(C)CO. The zero-order valence-electron chi connectivity index (χ0n) is 11.8. The fourth-order valence-electron chi connectivity index (χ4n) is 1.95. The number of likely N-dealkylation sites (N-methyl/N-ethyl adjacent to an activating group) is 1. The molecule has 7 heteroatoms. The fraction of sp³-hybridized carbons (Fsp3) is 0.750. The topological polar surface area (TPSA) is 91.4 Å². The van der Waals surface area contributed by atoms with Crippen LogP contribution in [0, 0.1) is 0 Å². The van der Waals surface area contributed by atoms with E-state index in [0.29, 0.717) is 11.9 Å². The van der Waals surface area contributed by atoms with E-state index in [0.717, 1.165) is 25.9 Å². The molecule has 2 rings (SSSR count). The Kier molecular flexibility index (Phi) is 3.75. The minimum absolute atomic E-state index is 0.00807. The van der Waals surface area contributed by atoms with Gasteiger partial charge in [0.1, 0.15) is 0 Å². The molecule has 0 aromatic carbocycles. The van der Waals surface area contributed by atoms with Gasteiger partial charge in [0.15, 0.2) is 0 Å². The molecule has 2 heterocycles. The first-order valence-corrected chi connectivity index (χ1v) is 6.55. The summed E-state index contributed by atoms with van der Waals surface area (Å²) in [6.07, 6.45) is 2.30. The van der Waals surface area contributed by atoms with Gasteiger partial charge in [-0.1, -0.05) is 0 Å². The van der Waals surface area contributed by atoms with Crippen LogP contribution in [0.4, 0.5) is 17.8 Å². The molecule has 1 aliphatic rings. The van der Waals surface area contributed by atoms with E-state index in [1.54, 1.807) is 0 Å². The molecule has 1 aliphatic heterocycles. The van der Waals surface area contributed by atoms with Gasteiger partial charge in [-0.05, 0) is 26.7 Å². The number of aliphatic hydroxyl groups excluding tert-OH is 1. The monoisotopic (exact) mass is 266 g/mol. The van der Waals surface area contributed by atoms with Crippen LogP contribution in [0.2, 0.25) is 0 Å². The van der Waals surface area contributed by atoms with Crippen LogP contribution in [0.15, 0.2) is 0 Å². The molecular weight excluding hydrogens is 244 g/mol. The fourth-order valence-corrected chi connectivity index (χ4v) is 1.95. The first-order valence-electron chi connectivity index (χ1n) is 6.55. The summed E-state index contributed by atoms with van der Waals surface area (Å²) < 4.78 is 0. The summed E-state index contributed by atoms with van der Waals surface area (Å²) in [5, 5.41) is 9.42. The van der Waals surface area contributed by atoms with Crippen molar-refractivity contribution in [2.75, 3.05) is 42.3 Å². The van der Waals surface area contributed by atoms with Gasteiger partial charge < -0.3 is 20.6 Å². The quantitative estimate of drug-likeness (QED) is 0.807. The van der Waals surface area contributed by atoms with E-state index in [2.05, 4.69) is 19.9 Å². The first-order chi connectivity index (χ1) is 8.94. The number of rotatable bonds is 4. The van der Waals surface area contributed by atoms with Crippen LogP contribution in [-0.2, 0) is 0 Å². The van der Waals surface area contributed by atoms with Gasteiger partial charge in [-0.2, -0.15) is 15.0 Å². The van der Waals surface area contributed by atoms with E-state index in [9.17, 15) is 5.11 Å². The van der Waals surface area contributed by atoms with Crippen molar-refractivity contribution >= 4 is 17.8 Å². The van der Waals surface area contributed by atoms with E-state index >= 15 is 0 Å². The Hall–Kier alpha value is -1.63. The smallest absolute Gasteiger partial charge is 0.232 e. The Balaban J connectivity index is 2.30. The predicted octanol–water partition coefficient (Wildman–Crippen LogP) is 0.261. The highest BCUT2D eigenvalue weighted by atomic mass is 16.3. The van der Waals surface area contributed by atoms with Crippen LogP contribution in [0.25, 0.3) is 0 Å². The average Bonchev–Trinajstić information content (AvgIpc) is 2.91. The lowest BCUT2D eigenvalue weighted by Crippen LogP contribution is -2.45. The number of aliphatic hydroxyl groups is 1. The lowest BCUT2D eigenvalue weighted by molar-refractivity contribution is 0.215. The number of nitrogens with zero attached hydrogens (tertiary/aromatic N) is 5. The van der Waals surface area contributed by atoms with Crippen LogP contribution in [0.5, 0.6) is 0 Å². The van der Waals surface area contributed by atoms with Crippen molar-refractivity contribution in [1.29, 1.82) is 0 Å². The Morgan fingerprint density at radius 2 is 1.89 bits per heavy atom. The van der Waals surface area contributed by atoms with Crippen molar-refractivity contribution in [3.63, 3.8) is 0 Å². The van der Waals surface area contributed by atoms with Gasteiger partial charge >= 0.3 is 0 Å². The second kappa shape index (κ2) is 5.16. The molecule has 0 saturated carbocycles. The highest BCUT2D eigenvalue weighted by Gasteiger charge is 2.26. The van der Waals surface area contributed by atoms with E-state index in [1.807, 2.05) is 25.8 Å². The minimum Gasteiger partial charge on any atom is -0.394 e. The molecule has 7 nitrogen and oxygen atoms in total. The summed E-state index contributed by atoms with van der Waals surface area (Å²) in [7, 11) is 1.85. The van der Waals surface area contributed by atoms with Crippen molar-refractivity contribution in [3.8, 4) is 0 Å². The van der Waals surface area contributed by atoms with E-state index in [-0.39, 0.29) is 12.6 Å². The van der Waals surface area contributed by atoms with Crippen molar-refractivity contribution in [1.82, 2.24) is 15.0 Å². The molecule has 0 amide bonds. The van der Waals surface area contributed by atoms with Crippen molar-refractivity contribution in [2.24, 2.45) is 0 Å². The molecule has 1 aromatic rings. The number of aromatic nitrogens is 3. The second-order valence-corrected chi connectivity index (χ2v) is 5.52. The highest BCUT2D eigenvalue weighted by molar-refractivity contribution is 5.45. The number of hydrogen-bond donors (Lipinski definition) is 2. The van der Waals surface area contributed by atoms with Crippen LogP contribution in [-0.4, -0.2) is 52.3 Å². The van der Waals surface area contributed by atoms with Crippen LogP contribution in [0.3, 0.4) is 0 Å². The summed E-state index contributed by atoms with van der Waals surface area (Å²) in [6.45, 7) is 5.76. The number of nitrogens with two attached hydrogens (primary N) is 1. The van der Waals surface area contributed by atoms with Crippen molar-refractivity contribution in [3.05, 3.63) is 0 Å². The first kappa shape index (κ1) is 13.8. The lowest BCUT2D eigenvalue weighted by Gasteiger charge is -2.34. The molecule has 0 radical (unpaired) electrons. The standard InChI is InChI=1S/C12H22N6O/c1-12(2,8-19)17(3)10-14-9(13)15-11(16-10)18-6-4-5-7-18/h19H,4-8H2,1-3H3,(H2,13,14,15,16). The summed E-state index contributed by atoms with van der Waals surface area (Å²) in [4.78, 5) is 16.8. The Labute approximate surface area is 113 Å². The zero-order chi connectivity index (χ0) is 14.0. The van der Waals surface area contributed by atoms with E-state index < -0.39 is 5.54 Å². The van der Waals surface area contributed by atoms with Gasteiger partial charge in [-0.25, -0.2) is 0 Å². The third kappa shape index (κ3) is 2.86. The summed E-state index contributed by atoms with van der Waals surface area (Å²) in [5.74, 6) is 1.33. The van der Waals surface area contributed by atoms with Gasteiger partial charge in [0, 0.05) is 20.1 Å². The molecule has 1 aromatic heterocycles. The largest absolute Gasteiger partial charge is 0.394 e. The Bertz CT molecular complexity index is 444. The molecule has 106 valence electrons. The van der Waals surface area contributed by atoms with Crippen LogP contribution >= 0.6 is 0 Å². The number of hydrogen-bond acceptors (Lipinski definition) is 7. The molecule has 0 bridgehead atoms. The molecule has 1 saturated heterocycles. The minimum atomic E-state index is -0.448. The Morgan fingerprint density at radius 1 is 1.26 bits per heavy atom. The summed E-state index contributed by atoms with van der Waals surface area (Å²) in [5.41, 5.74) is 5.32. The van der Waals surface area contributed by atoms with Crippen molar-refractivity contribution in [2.45, 2.75) is 32.2 Å². The van der Waals surface area contributed by atoms with Gasteiger partial charge in [0.25, 0.3) is 0 Å². The second-order valence-electron chi connectivity index (χ2n) is 5.52. The summed E-state index contributed by atoms with van der Waals surface area (Å²) >= 11 is 0. The molecule has 0 unspecified atom stereocenters. The molecule has 0 spiro atoms. The lowest BCUT2D eigenvalue weighted by atomic mass is 10.1. The number of anilines is 3. The average molecular weight is 266 g/mol. The maximum absolute atomic E-state index is 9.42. The van der Waals surface area contributed by atoms with Gasteiger partial charge in [-0.15, -0.1) is 0 Å². The van der Waals surface area contributed by atoms with E-state index in [4.69, 9.17) is 5.73 Å². The molecule has 19 heavy (non-hydrogen) atoms. The van der Waals surface area contributed by atoms with Crippen LogP contribution in [0.1, 0.15) is 26.7 Å².